The molecule has 27 heavy (non-hydrogen) atoms. The van der Waals surface area contributed by atoms with E-state index in [-0.39, 0.29) is 23.0 Å². The van der Waals surface area contributed by atoms with Crippen LogP contribution < -0.4 is 9.47 Å². The number of piperidine rings is 1. The number of ether oxygens (including phenoxy) is 2. The van der Waals surface area contributed by atoms with Crippen molar-refractivity contribution in [2.75, 3.05) is 20.2 Å². The van der Waals surface area contributed by atoms with Gasteiger partial charge in [-0.3, -0.25) is 10.1 Å². The average Bonchev–Trinajstić information content (AvgIpc) is 2.69. The Kier molecular flexibility index (Phi) is 5.51. The first-order chi connectivity index (χ1) is 12.9. The Morgan fingerprint density at radius 3 is 2.63 bits per heavy atom. The van der Waals surface area contributed by atoms with E-state index in [1.165, 1.54) is 29.6 Å². The van der Waals surface area contributed by atoms with E-state index in [1.54, 1.807) is 12.1 Å². The molecule has 1 fully saturated rings. The highest BCUT2D eigenvalue weighted by Crippen LogP contribution is 2.25. The molecule has 10 nitrogen and oxygen atoms in total. The van der Waals surface area contributed by atoms with E-state index in [1.807, 2.05) is 0 Å². The van der Waals surface area contributed by atoms with Crippen molar-refractivity contribution in [1.29, 1.82) is 0 Å². The summed E-state index contributed by atoms with van der Waals surface area (Å²) >= 11 is 0. The predicted molar refractivity (Wildman–Crippen MR) is 94.1 cm³/mol. The Bertz CT molecular complexity index is 919. The third-order valence-electron chi connectivity index (χ3n) is 4.12. The van der Waals surface area contributed by atoms with Crippen molar-refractivity contribution in [3.8, 4) is 11.8 Å². The van der Waals surface area contributed by atoms with E-state index in [4.69, 9.17) is 9.47 Å². The van der Waals surface area contributed by atoms with Gasteiger partial charge in [-0.25, -0.2) is 8.42 Å². The first kappa shape index (κ1) is 19.0. The van der Waals surface area contributed by atoms with Gasteiger partial charge in [0, 0.05) is 30.8 Å². The smallest absolute Gasteiger partial charge is 0.270 e. The fraction of sp³-hybridized carbons (Fsp3) is 0.375. The van der Waals surface area contributed by atoms with Crippen molar-refractivity contribution >= 4 is 15.7 Å². The number of sulfonamides is 1. The standard InChI is InChI=1S/C16H18N4O6S/c1-25-15-7-8-16(18-17-15)26-13-5-3-9-19(11-13)27(23,24)14-6-2-4-12(10-14)20(21)22/h2,4,6-8,10,13H,3,5,9,11H2,1H3. The van der Waals surface area contributed by atoms with Crippen LogP contribution in [0.4, 0.5) is 5.69 Å². The van der Waals surface area contributed by atoms with Crippen molar-refractivity contribution in [3.63, 3.8) is 0 Å². The molecule has 144 valence electrons. The summed E-state index contributed by atoms with van der Waals surface area (Å²) in [6, 6.07) is 8.22. The first-order valence-corrected chi connectivity index (χ1v) is 9.63. The summed E-state index contributed by atoms with van der Waals surface area (Å²) in [6.45, 7) is 0.442. The van der Waals surface area contributed by atoms with Crippen LogP contribution in [0.25, 0.3) is 0 Å². The van der Waals surface area contributed by atoms with Gasteiger partial charge in [0.2, 0.25) is 21.8 Å². The third kappa shape index (κ3) is 4.31. The summed E-state index contributed by atoms with van der Waals surface area (Å²) in [7, 11) is -2.39. The molecule has 1 aliphatic rings. The lowest BCUT2D eigenvalue weighted by Gasteiger charge is -2.31. The highest BCUT2D eigenvalue weighted by Gasteiger charge is 2.32. The highest BCUT2D eigenvalue weighted by molar-refractivity contribution is 7.89. The van der Waals surface area contributed by atoms with E-state index in [0.29, 0.717) is 25.3 Å². The zero-order valence-corrected chi connectivity index (χ0v) is 15.3. The van der Waals surface area contributed by atoms with Gasteiger partial charge in [-0.15, -0.1) is 10.2 Å². The SMILES string of the molecule is COc1ccc(OC2CCCN(S(=O)(=O)c3cccc([N+](=O)[O-])c3)C2)nn1. The molecule has 1 saturated heterocycles. The van der Waals surface area contributed by atoms with Crippen molar-refractivity contribution < 1.29 is 22.8 Å². The number of methoxy groups -OCH3 is 1. The van der Waals surface area contributed by atoms with Crippen molar-refractivity contribution in [1.82, 2.24) is 14.5 Å². The van der Waals surface area contributed by atoms with Crippen molar-refractivity contribution in [2.24, 2.45) is 0 Å². The molecule has 1 atom stereocenters. The molecule has 0 aliphatic carbocycles. The lowest BCUT2D eigenvalue weighted by Crippen LogP contribution is -2.44. The van der Waals surface area contributed by atoms with E-state index in [0.717, 1.165) is 6.07 Å². The van der Waals surface area contributed by atoms with Crippen LogP contribution in [0.15, 0.2) is 41.3 Å². The Balaban J connectivity index is 1.74. The maximum Gasteiger partial charge on any atom is 0.270 e. The lowest BCUT2D eigenvalue weighted by atomic mass is 10.1. The second kappa shape index (κ2) is 7.84. The van der Waals surface area contributed by atoms with E-state index in [2.05, 4.69) is 10.2 Å². The molecule has 1 aromatic carbocycles. The van der Waals surface area contributed by atoms with Gasteiger partial charge in [0.05, 0.1) is 23.5 Å². The topological polar surface area (TPSA) is 125 Å². The minimum Gasteiger partial charge on any atom is -0.480 e. The van der Waals surface area contributed by atoms with E-state index < -0.39 is 21.1 Å². The number of aromatic nitrogens is 2. The number of nitro groups is 1. The maximum atomic E-state index is 12.8. The summed E-state index contributed by atoms with van der Waals surface area (Å²) in [6.07, 6.45) is 0.867. The zero-order chi connectivity index (χ0) is 19.4. The summed E-state index contributed by atoms with van der Waals surface area (Å²) in [5.74, 6) is 0.622. The Hall–Kier alpha value is -2.79. The number of hydrogen-bond donors (Lipinski definition) is 0. The molecule has 0 amide bonds. The fourth-order valence-electron chi connectivity index (χ4n) is 2.78. The molecule has 0 radical (unpaired) electrons. The average molecular weight is 394 g/mol. The minimum absolute atomic E-state index is 0.110. The van der Waals surface area contributed by atoms with Crippen LogP contribution in [0, 0.1) is 10.1 Å². The van der Waals surface area contributed by atoms with Gasteiger partial charge in [0.15, 0.2) is 0 Å². The molecular formula is C16H18N4O6S. The molecule has 0 bridgehead atoms. The summed E-state index contributed by atoms with van der Waals surface area (Å²) in [5, 5.41) is 18.6. The monoisotopic (exact) mass is 394 g/mol. The Labute approximate surface area is 155 Å². The van der Waals surface area contributed by atoms with Gasteiger partial charge < -0.3 is 9.47 Å². The quantitative estimate of drug-likeness (QED) is 0.535. The second-order valence-corrected chi connectivity index (χ2v) is 7.85. The highest BCUT2D eigenvalue weighted by atomic mass is 32.2. The van der Waals surface area contributed by atoms with Crippen LogP contribution in [-0.4, -0.2) is 54.1 Å². The Morgan fingerprint density at radius 2 is 1.96 bits per heavy atom. The lowest BCUT2D eigenvalue weighted by molar-refractivity contribution is -0.385. The van der Waals surface area contributed by atoms with Crippen LogP contribution in [0.2, 0.25) is 0 Å². The number of non-ortho nitro benzene ring substituents is 1. The molecular weight excluding hydrogens is 376 g/mol. The number of benzene rings is 1. The summed E-state index contributed by atoms with van der Waals surface area (Å²) < 4.78 is 37.6. The number of hydrogen-bond acceptors (Lipinski definition) is 8. The summed E-state index contributed by atoms with van der Waals surface area (Å²) in [5.41, 5.74) is -0.269. The van der Waals surface area contributed by atoms with Crippen molar-refractivity contribution in [2.45, 2.75) is 23.8 Å². The largest absolute Gasteiger partial charge is 0.480 e. The molecule has 0 N–H and O–H groups in total. The van der Waals surface area contributed by atoms with Crippen LogP contribution in [-0.2, 0) is 10.0 Å². The van der Waals surface area contributed by atoms with Gasteiger partial charge in [-0.2, -0.15) is 4.31 Å². The zero-order valence-electron chi connectivity index (χ0n) is 14.5. The van der Waals surface area contributed by atoms with Crippen molar-refractivity contribution in [3.05, 3.63) is 46.5 Å². The molecule has 1 aromatic heterocycles. The van der Waals surface area contributed by atoms with Crippen LogP contribution in [0.5, 0.6) is 11.8 Å². The maximum absolute atomic E-state index is 12.8. The van der Waals surface area contributed by atoms with E-state index in [9.17, 15) is 18.5 Å². The van der Waals surface area contributed by atoms with Gasteiger partial charge in [0.1, 0.15) is 6.10 Å². The number of nitrogens with zero attached hydrogens (tertiary/aromatic N) is 4. The summed E-state index contributed by atoms with van der Waals surface area (Å²) in [4.78, 5) is 10.2. The molecule has 2 heterocycles. The number of nitro benzene ring substituents is 1. The fourth-order valence-corrected chi connectivity index (χ4v) is 4.33. The van der Waals surface area contributed by atoms with Gasteiger partial charge in [-0.1, -0.05) is 6.07 Å². The van der Waals surface area contributed by atoms with Gasteiger partial charge >= 0.3 is 0 Å². The molecule has 1 unspecified atom stereocenters. The molecule has 1 aliphatic heterocycles. The minimum atomic E-state index is -3.86. The molecule has 3 rings (SSSR count). The van der Waals surface area contributed by atoms with E-state index >= 15 is 0 Å². The van der Waals surface area contributed by atoms with Crippen LogP contribution in [0.1, 0.15) is 12.8 Å². The molecule has 2 aromatic rings. The molecule has 0 saturated carbocycles. The molecule has 11 heteroatoms. The first-order valence-electron chi connectivity index (χ1n) is 8.19. The predicted octanol–water partition coefficient (Wildman–Crippen LogP) is 1.63. The van der Waals surface area contributed by atoms with Crippen LogP contribution >= 0.6 is 0 Å². The molecule has 0 spiro atoms. The van der Waals surface area contributed by atoms with Gasteiger partial charge in [-0.05, 0) is 18.9 Å². The normalized spacial score (nSPS) is 18.0. The van der Waals surface area contributed by atoms with Gasteiger partial charge in [0.25, 0.3) is 5.69 Å². The third-order valence-corrected chi connectivity index (χ3v) is 5.98. The Morgan fingerprint density at radius 1 is 1.22 bits per heavy atom. The van der Waals surface area contributed by atoms with Crippen LogP contribution in [0.3, 0.4) is 0 Å². The number of rotatable bonds is 6. The second-order valence-electron chi connectivity index (χ2n) is 5.91.